The van der Waals surface area contributed by atoms with Crippen LogP contribution in [0.2, 0.25) is 0 Å². The minimum absolute atomic E-state index is 0.951. The molecule has 0 N–H and O–H groups in total. The number of hydrogen-bond donors (Lipinski definition) is 0. The van der Waals surface area contributed by atoms with Crippen molar-refractivity contribution >= 4 is 54.6 Å². The molecule has 0 aromatic heterocycles. The molecule has 46 heavy (non-hydrogen) atoms. The summed E-state index contributed by atoms with van der Waals surface area (Å²) in [6, 6.07) is 42.7. The highest BCUT2D eigenvalue weighted by atomic mass is 79.9. The lowest BCUT2D eigenvalue weighted by Gasteiger charge is -2.27. The first-order valence-corrected chi connectivity index (χ1v) is 16.9. The van der Waals surface area contributed by atoms with E-state index in [0.29, 0.717) is 0 Å². The molecule has 0 radical (unpaired) electrons. The average Bonchev–Trinajstić information content (AvgIpc) is 3.11. The van der Waals surface area contributed by atoms with Crippen molar-refractivity contribution in [2.45, 2.75) is 12.8 Å². The van der Waals surface area contributed by atoms with Crippen LogP contribution in [-0.4, -0.2) is 0 Å². The normalized spacial score (nSPS) is 12.7. The van der Waals surface area contributed by atoms with E-state index in [4.69, 9.17) is 0 Å². The van der Waals surface area contributed by atoms with Gasteiger partial charge in [-0.25, -0.2) is 0 Å². The summed E-state index contributed by atoms with van der Waals surface area (Å²) in [5.74, 6) is 0. The Bertz CT molecular complexity index is 1920. The van der Waals surface area contributed by atoms with Crippen LogP contribution in [0.3, 0.4) is 0 Å². The standard InChI is InChI=1S/C42H34Br2N2/c1-3-14-33(4-2)45(34-15-8-5-9-16-34)37-25-21-31(22-26-37)39-29-42(44)40(30-41(39)43)32-23-27-38(28-24-32)46(35-17-10-6-11-18-35)36-19-12-7-13-20-36/h3-6,8-12,14-30H,1-2,7,13H2/b33-14+. The molecule has 0 amide bonds. The summed E-state index contributed by atoms with van der Waals surface area (Å²) in [5.41, 5.74) is 11.0. The van der Waals surface area contributed by atoms with Crippen LogP contribution in [0.25, 0.3) is 22.3 Å². The number of benzene rings is 5. The number of halogens is 2. The third-order valence-electron chi connectivity index (χ3n) is 7.95. The lowest BCUT2D eigenvalue weighted by atomic mass is 9.99. The van der Waals surface area contributed by atoms with Gasteiger partial charge in [-0.1, -0.05) is 124 Å². The number of nitrogens with zero attached hydrogens (tertiary/aromatic N) is 2. The van der Waals surface area contributed by atoms with Gasteiger partial charge in [0.2, 0.25) is 0 Å². The molecule has 0 atom stereocenters. The summed E-state index contributed by atoms with van der Waals surface area (Å²) in [6.07, 6.45) is 14.5. The van der Waals surface area contributed by atoms with Crippen molar-refractivity contribution in [1.29, 1.82) is 0 Å². The number of anilines is 4. The van der Waals surface area contributed by atoms with Gasteiger partial charge in [-0.2, -0.15) is 0 Å². The van der Waals surface area contributed by atoms with Crippen molar-refractivity contribution in [3.05, 3.63) is 191 Å². The Hall–Kier alpha value is -4.64. The monoisotopic (exact) mass is 724 g/mol. The third kappa shape index (κ3) is 6.79. The first kappa shape index (κ1) is 31.3. The molecule has 0 spiro atoms. The largest absolute Gasteiger partial charge is 0.311 e. The van der Waals surface area contributed by atoms with Crippen LogP contribution in [-0.2, 0) is 0 Å². The highest BCUT2D eigenvalue weighted by Crippen LogP contribution is 2.41. The molecule has 0 saturated heterocycles. The Kier molecular flexibility index (Phi) is 9.97. The molecule has 6 rings (SSSR count). The van der Waals surface area contributed by atoms with Crippen molar-refractivity contribution in [1.82, 2.24) is 0 Å². The Morgan fingerprint density at radius 3 is 1.61 bits per heavy atom. The zero-order valence-corrected chi connectivity index (χ0v) is 28.7. The predicted molar refractivity (Wildman–Crippen MR) is 205 cm³/mol. The molecule has 0 bridgehead atoms. The minimum atomic E-state index is 0.951. The lowest BCUT2D eigenvalue weighted by molar-refractivity contribution is 0.997. The van der Waals surface area contributed by atoms with E-state index in [9.17, 15) is 0 Å². The van der Waals surface area contributed by atoms with Crippen LogP contribution >= 0.6 is 31.9 Å². The average molecular weight is 727 g/mol. The van der Waals surface area contributed by atoms with Gasteiger partial charge in [0.1, 0.15) is 0 Å². The fourth-order valence-corrected chi connectivity index (χ4v) is 6.88. The highest BCUT2D eigenvalue weighted by molar-refractivity contribution is 9.11. The zero-order valence-electron chi connectivity index (χ0n) is 25.5. The second-order valence-electron chi connectivity index (χ2n) is 10.9. The molecular formula is C42H34Br2N2. The third-order valence-corrected chi connectivity index (χ3v) is 9.26. The van der Waals surface area contributed by atoms with Gasteiger partial charge in [-0.15, -0.1) is 0 Å². The maximum atomic E-state index is 4.04. The predicted octanol–water partition coefficient (Wildman–Crippen LogP) is 13.3. The van der Waals surface area contributed by atoms with Gasteiger partial charge in [0.05, 0.1) is 0 Å². The number of para-hydroxylation sites is 2. The van der Waals surface area contributed by atoms with E-state index in [1.54, 1.807) is 6.08 Å². The molecule has 226 valence electrons. The van der Waals surface area contributed by atoms with Gasteiger partial charge in [0.25, 0.3) is 0 Å². The van der Waals surface area contributed by atoms with Gasteiger partial charge < -0.3 is 9.80 Å². The first-order valence-electron chi connectivity index (χ1n) is 15.3. The van der Waals surface area contributed by atoms with Crippen LogP contribution in [0.1, 0.15) is 12.8 Å². The first-order chi connectivity index (χ1) is 22.6. The SMILES string of the molecule is C=C/C=C(\C=C)N(c1ccccc1)c1ccc(-c2cc(Br)c(-c3ccc(N(C4=CCCC=C4)c4ccccc4)cc3)cc2Br)cc1. The van der Waals surface area contributed by atoms with Gasteiger partial charge in [-0.05, 0) is 114 Å². The van der Waals surface area contributed by atoms with E-state index in [0.717, 1.165) is 72.5 Å². The van der Waals surface area contributed by atoms with Crippen molar-refractivity contribution in [3.8, 4) is 22.3 Å². The highest BCUT2D eigenvalue weighted by Gasteiger charge is 2.17. The second-order valence-corrected chi connectivity index (χ2v) is 12.6. The smallest absolute Gasteiger partial charge is 0.0462 e. The van der Waals surface area contributed by atoms with Crippen LogP contribution < -0.4 is 9.80 Å². The number of hydrogen-bond acceptors (Lipinski definition) is 2. The molecule has 5 aromatic rings. The maximum Gasteiger partial charge on any atom is 0.0462 e. The van der Waals surface area contributed by atoms with Crippen molar-refractivity contribution in [2.75, 3.05) is 9.80 Å². The Labute approximate surface area is 289 Å². The minimum Gasteiger partial charge on any atom is -0.311 e. The second kappa shape index (κ2) is 14.6. The van der Waals surface area contributed by atoms with Crippen LogP contribution in [0.5, 0.6) is 0 Å². The molecule has 4 heteroatoms. The van der Waals surface area contributed by atoms with E-state index in [1.807, 2.05) is 30.4 Å². The van der Waals surface area contributed by atoms with E-state index < -0.39 is 0 Å². The molecule has 0 saturated carbocycles. The summed E-state index contributed by atoms with van der Waals surface area (Å²) < 4.78 is 2.07. The van der Waals surface area contributed by atoms with Gasteiger partial charge in [0, 0.05) is 43.1 Å². The van der Waals surface area contributed by atoms with Crippen molar-refractivity contribution in [3.63, 3.8) is 0 Å². The molecular weight excluding hydrogens is 692 g/mol. The quantitative estimate of drug-likeness (QED) is 0.132. The fraction of sp³-hybridized carbons (Fsp3) is 0.0476. The van der Waals surface area contributed by atoms with Crippen molar-refractivity contribution in [2.24, 2.45) is 0 Å². The molecule has 0 heterocycles. The number of allylic oxidation sites excluding steroid dienone is 6. The Balaban J connectivity index is 1.29. The van der Waals surface area contributed by atoms with Crippen LogP contribution in [0.15, 0.2) is 191 Å². The van der Waals surface area contributed by atoms with Gasteiger partial charge in [0.15, 0.2) is 0 Å². The molecule has 0 unspecified atom stereocenters. The lowest BCUT2D eigenvalue weighted by Crippen LogP contribution is -2.16. The van der Waals surface area contributed by atoms with E-state index in [1.165, 1.54) is 5.70 Å². The topological polar surface area (TPSA) is 6.48 Å². The van der Waals surface area contributed by atoms with E-state index >= 15 is 0 Å². The summed E-state index contributed by atoms with van der Waals surface area (Å²) in [4.78, 5) is 4.50. The molecule has 0 aliphatic heterocycles. The van der Waals surface area contributed by atoms with Gasteiger partial charge in [-0.3, -0.25) is 0 Å². The number of rotatable bonds is 10. The molecule has 5 aromatic carbocycles. The molecule has 1 aliphatic carbocycles. The molecule has 1 aliphatic rings. The summed E-state index contributed by atoms with van der Waals surface area (Å²) in [7, 11) is 0. The van der Waals surface area contributed by atoms with E-state index in [-0.39, 0.29) is 0 Å². The van der Waals surface area contributed by atoms with Crippen LogP contribution in [0.4, 0.5) is 22.7 Å². The molecule has 0 fully saturated rings. The summed E-state index contributed by atoms with van der Waals surface area (Å²) in [5, 5.41) is 0. The Morgan fingerprint density at radius 1 is 0.609 bits per heavy atom. The Morgan fingerprint density at radius 2 is 1.11 bits per heavy atom. The summed E-state index contributed by atoms with van der Waals surface area (Å²) in [6.45, 7) is 7.94. The van der Waals surface area contributed by atoms with E-state index in [2.05, 4.69) is 176 Å². The van der Waals surface area contributed by atoms with Crippen molar-refractivity contribution < 1.29 is 0 Å². The molecule has 2 nitrogen and oxygen atoms in total. The fourth-order valence-electron chi connectivity index (χ4n) is 5.74. The van der Waals surface area contributed by atoms with Crippen LogP contribution in [0, 0.1) is 0 Å². The maximum absolute atomic E-state index is 4.04. The zero-order chi connectivity index (χ0) is 31.9. The van der Waals surface area contributed by atoms with Gasteiger partial charge >= 0.3 is 0 Å². The summed E-state index contributed by atoms with van der Waals surface area (Å²) >= 11 is 7.78.